The monoisotopic (exact) mass is 357 g/mol. The van der Waals surface area contributed by atoms with Gasteiger partial charge in [0.15, 0.2) is 0 Å². The van der Waals surface area contributed by atoms with Crippen LogP contribution in [0.5, 0.6) is 0 Å². The second-order valence-corrected chi connectivity index (χ2v) is 8.82. The van der Waals surface area contributed by atoms with E-state index in [-0.39, 0.29) is 0 Å². The lowest BCUT2D eigenvalue weighted by Crippen LogP contribution is -2.35. The first-order valence-electron chi connectivity index (χ1n) is 7.85. The molecule has 2 rings (SSSR count). The second kappa shape index (κ2) is 6.93. The van der Waals surface area contributed by atoms with Gasteiger partial charge in [0.2, 0.25) is 0 Å². The molecule has 0 amide bonds. The maximum atomic E-state index is 3.76. The molecule has 1 aromatic heterocycles. The lowest BCUT2D eigenvalue weighted by molar-refractivity contribution is 0.129. The molecule has 0 saturated heterocycles. The molecule has 1 nitrogen and oxygen atoms in total. The summed E-state index contributed by atoms with van der Waals surface area (Å²) >= 11 is 5.59. The van der Waals surface area contributed by atoms with Crippen molar-refractivity contribution in [3.8, 4) is 0 Å². The SMILES string of the molecule is CCNCC1CCC(C(C)(C)C)CC1c1cscc1Br. The van der Waals surface area contributed by atoms with Crippen molar-refractivity contribution < 1.29 is 0 Å². The number of nitrogens with one attached hydrogen (secondary N) is 1. The number of halogens is 1. The molecule has 1 N–H and O–H groups in total. The fourth-order valence-corrected chi connectivity index (χ4v) is 5.19. The molecule has 1 aliphatic rings. The summed E-state index contributed by atoms with van der Waals surface area (Å²) in [6, 6.07) is 0. The van der Waals surface area contributed by atoms with Crippen LogP contribution in [0.4, 0.5) is 0 Å². The maximum absolute atomic E-state index is 3.76. The largest absolute Gasteiger partial charge is 0.317 e. The highest BCUT2D eigenvalue weighted by atomic mass is 79.9. The summed E-state index contributed by atoms with van der Waals surface area (Å²) < 4.78 is 1.32. The van der Waals surface area contributed by atoms with Crippen molar-refractivity contribution in [3.05, 3.63) is 20.8 Å². The van der Waals surface area contributed by atoms with Crippen LogP contribution in [0.25, 0.3) is 0 Å². The standard InChI is InChI=1S/C17H28BrNS/c1-5-19-9-12-6-7-13(17(2,3)4)8-14(12)15-10-20-11-16(15)18/h10-14,19H,5-9H2,1-4H3. The van der Waals surface area contributed by atoms with E-state index < -0.39 is 0 Å². The normalized spacial score (nSPS) is 27.8. The average molecular weight is 358 g/mol. The molecule has 0 aromatic carbocycles. The zero-order valence-corrected chi connectivity index (χ0v) is 15.6. The molecule has 1 aromatic rings. The van der Waals surface area contributed by atoms with E-state index in [4.69, 9.17) is 0 Å². The van der Waals surface area contributed by atoms with E-state index in [0.29, 0.717) is 11.3 Å². The van der Waals surface area contributed by atoms with Crippen LogP contribution in [0.3, 0.4) is 0 Å². The van der Waals surface area contributed by atoms with Crippen LogP contribution in [0, 0.1) is 17.3 Å². The summed E-state index contributed by atoms with van der Waals surface area (Å²) in [6.07, 6.45) is 4.09. The highest BCUT2D eigenvalue weighted by Crippen LogP contribution is 2.48. The van der Waals surface area contributed by atoms with Crippen molar-refractivity contribution in [2.75, 3.05) is 13.1 Å². The summed E-state index contributed by atoms with van der Waals surface area (Å²) in [5.74, 6) is 2.35. The Bertz CT molecular complexity index is 421. The summed E-state index contributed by atoms with van der Waals surface area (Å²) in [5.41, 5.74) is 1.98. The highest BCUT2D eigenvalue weighted by Gasteiger charge is 2.37. The zero-order valence-electron chi connectivity index (χ0n) is 13.2. The second-order valence-electron chi connectivity index (χ2n) is 7.23. The minimum absolute atomic E-state index is 0.434. The number of hydrogen-bond acceptors (Lipinski definition) is 2. The predicted octanol–water partition coefficient (Wildman–Crippen LogP) is 5.67. The van der Waals surface area contributed by atoms with Gasteiger partial charge in [-0.25, -0.2) is 0 Å². The first-order valence-corrected chi connectivity index (χ1v) is 9.59. The number of rotatable bonds is 4. The van der Waals surface area contributed by atoms with E-state index in [0.717, 1.165) is 18.4 Å². The average Bonchev–Trinajstić information content (AvgIpc) is 2.81. The van der Waals surface area contributed by atoms with Crippen LogP contribution in [-0.4, -0.2) is 13.1 Å². The fourth-order valence-electron chi connectivity index (χ4n) is 3.53. The Labute approximate surface area is 136 Å². The van der Waals surface area contributed by atoms with Gasteiger partial charge in [0, 0.05) is 9.85 Å². The Hall–Kier alpha value is 0.140. The molecule has 1 saturated carbocycles. The van der Waals surface area contributed by atoms with Gasteiger partial charge in [-0.1, -0.05) is 27.7 Å². The van der Waals surface area contributed by atoms with Gasteiger partial charge >= 0.3 is 0 Å². The van der Waals surface area contributed by atoms with Crippen LogP contribution < -0.4 is 5.32 Å². The molecule has 1 aliphatic carbocycles. The Morgan fingerprint density at radius 2 is 2.05 bits per heavy atom. The lowest BCUT2D eigenvalue weighted by atomic mass is 9.64. The molecule has 3 heteroatoms. The van der Waals surface area contributed by atoms with Gasteiger partial charge in [0.05, 0.1) is 0 Å². The zero-order chi connectivity index (χ0) is 14.8. The van der Waals surface area contributed by atoms with Crippen LogP contribution in [0.15, 0.2) is 15.2 Å². The van der Waals surface area contributed by atoms with Crippen molar-refractivity contribution in [2.24, 2.45) is 17.3 Å². The van der Waals surface area contributed by atoms with Crippen molar-refractivity contribution in [2.45, 2.75) is 52.9 Å². The van der Waals surface area contributed by atoms with Gasteiger partial charge in [-0.15, -0.1) is 0 Å². The molecular formula is C17H28BrNS. The van der Waals surface area contributed by atoms with Crippen LogP contribution in [0.1, 0.15) is 58.4 Å². The third kappa shape index (κ3) is 3.86. The molecule has 1 heterocycles. The summed E-state index contributed by atoms with van der Waals surface area (Å²) in [4.78, 5) is 0. The smallest absolute Gasteiger partial charge is 0.0317 e. The molecular weight excluding hydrogens is 330 g/mol. The van der Waals surface area contributed by atoms with Crippen molar-refractivity contribution >= 4 is 27.3 Å². The first kappa shape index (κ1) is 16.5. The molecule has 0 radical (unpaired) electrons. The number of hydrogen-bond donors (Lipinski definition) is 1. The predicted molar refractivity (Wildman–Crippen MR) is 93.6 cm³/mol. The van der Waals surface area contributed by atoms with Gasteiger partial charge in [0.25, 0.3) is 0 Å². The summed E-state index contributed by atoms with van der Waals surface area (Å²) in [7, 11) is 0. The molecule has 0 aliphatic heterocycles. The van der Waals surface area contributed by atoms with Gasteiger partial charge < -0.3 is 5.32 Å². The summed E-state index contributed by atoms with van der Waals surface area (Å²) in [5, 5.41) is 8.17. The maximum Gasteiger partial charge on any atom is 0.0317 e. The highest BCUT2D eigenvalue weighted by molar-refractivity contribution is 9.10. The van der Waals surface area contributed by atoms with Crippen molar-refractivity contribution in [1.29, 1.82) is 0 Å². The Morgan fingerprint density at radius 3 is 2.60 bits per heavy atom. The molecule has 0 spiro atoms. The fraction of sp³-hybridized carbons (Fsp3) is 0.765. The molecule has 1 fully saturated rings. The van der Waals surface area contributed by atoms with E-state index in [2.05, 4.69) is 59.7 Å². The Morgan fingerprint density at radius 1 is 1.30 bits per heavy atom. The van der Waals surface area contributed by atoms with Gasteiger partial charge in [-0.2, -0.15) is 11.3 Å². The van der Waals surface area contributed by atoms with Gasteiger partial charge in [-0.05, 0) is 82.4 Å². The summed E-state index contributed by atoms with van der Waals surface area (Å²) in [6.45, 7) is 11.7. The van der Waals surface area contributed by atoms with E-state index in [1.807, 2.05) is 11.3 Å². The van der Waals surface area contributed by atoms with E-state index in [1.165, 1.54) is 30.3 Å². The molecule has 3 unspecified atom stereocenters. The third-order valence-electron chi connectivity index (χ3n) is 4.92. The van der Waals surface area contributed by atoms with Gasteiger partial charge in [-0.3, -0.25) is 0 Å². The van der Waals surface area contributed by atoms with Crippen LogP contribution in [0.2, 0.25) is 0 Å². The minimum Gasteiger partial charge on any atom is -0.317 e. The quantitative estimate of drug-likeness (QED) is 0.732. The Kier molecular flexibility index (Phi) is 5.72. The van der Waals surface area contributed by atoms with Gasteiger partial charge in [0.1, 0.15) is 0 Å². The minimum atomic E-state index is 0.434. The topological polar surface area (TPSA) is 12.0 Å². The molecule has 114 valence electrons. The molecule has 3 atom stereocenters. The molecule has 20 heavy (non-hydrogen) atoms. The lowest BCUT2D eigenvalue weighted by Gasteiger charge is -2.42. The Balaban J connectivity index is 2.17. The third-order valence-corrected chi connectivity index (χ3v) is 6.67. The van der Waals surface area contributed by atoms with E-state index in [1.54, 1.807) is 5.56 Å². The molecule has 0 bridgehead atoms. The van der Waals surface area contributed by atoms with Crippen LogP contribution in [-0.2, 0) is 0 Å². The van der Waals surface area contributed by atoms with Crippen LogP contribution >= 0.6 is 27.3 Å². The first-order chi connectivity index (χ1) is 9.43. The number of thiophene rings is 1. The van der Waals surface area contributed by atoms with Crippen molar-refractivity contribution in [1.82, 2.24) is 5.32 Å². The van der Waals surface area contributed by atoms with Crippen molar-refractivity contribution in [3.63, 3.8) is 0 Å². The van der Waals surface area contributed by atoms with E-state index in [9.17, 15) is 0 Å². The van der Waals surface area contributed by atoms with E-state index >= 15 is 0 Å².